The van der Waals surface area contributed by atoms with Crippen molar-refractivity contribution in [3.05, 3.63) is 30.1 Å². The maximum Gasteiger partial charge on any atom is 0.326 e. The molecule has 5 N–H and O–H groups in total. The molecule has 8 nitrogen and oxygen atoms in total. The summed E-state index contributed by atoms with van der Waals surface area (Å²) in [6.07, 6.45) is 1.11. The van der Waals surface area contributed by atoms with Gasteiger partial charge in [-0.3, -0.25) is 9.78 Å². The first-order valence-corrected chi connectivity index (χ1v) is 5.44. The number of carboxylic acids is 1. The van der Waals surface area contributed by atoms with E-state index in [2.05, 4.69) is 15.6 Å². The van der Waals surface area contributed by atoms with Crippen molar-refractivity contribution in [3.8, 4) is 0 Å². The molecule has 19 heavy (non-hydrogen) atoms. The number of amides is 3. The average molecular weight is 266 g/mol. The Bertz CT molecular complexity index is 463. The molecule has 8 heteroatoms. The zero-order chi connectivity index (χ0) is 14.3. The van der Waals surface area contributed by atoms with Crippen LogP contribution in [0.25, 0.3) is 0 Å². The Balaban J connectivity index is 2.45. The second-order valence-electron chi connectivity index (χ2n) is 3.71. The summed E-state index contributed by atoms with van der Waals surface area (Å²) >= 11 is 0. The summed E-state index contributed by atoms with van der Waals surface area (Å²) < 4.78 is 0. The molecule has 0 aliphatic rings. The number of nitrogens with two attached hydrogens (primary N) is 1. The van der Waals surface area contributed by atoms with Crippen molar-refractivity contribution >= 4 is 17.9 Å². The molecule has 102 valence electrons. The summed E-state index contributed by atoms with van der Waals surface area (Å²) in [6.45, 7) is 0.148. The van der Waals surface area contributed by atoms with Crippen molar-refractivity contribution in [3.63, 3.8) is 0 Å². The monoisotopic (exact) mass is 266 g/mol. The number of aromatic nitrogens is 1. The molecule has 1 heterocycles. The van der Waals surface area contributed by atoms with Gasteiger partial charge in [-0.05, 0) is 12.1 Å². The molecule has 0 spiro atoms. The van der Waals surface area contributed by atoms with Gasteiger partial charge in [0.25, 0.3) is 0 Å². The first-order chi connectivity index (χ1) is 8.99. The molecule has 0 fully saturated rings. The smallest absolute Gasteiger partial charge is 0.326 e. The highest BCUT2D eigenvalue weighted by atomic mass is 16.4. The highest BCUT2D eigenvalue weighted by Gasteiger charge is 2.21. The number of hydrogen-bond donors (Lipinski definition) is 4. The van der Waals surface area contributed by atoms with Crippen LogP contribution < -0.4 is 16.4 Å². The minimum atomic E-state index is -1.35. The van der Waals surface area contributed by atoms with Gasteiger partial charge in [-0.2, -0.15) is 0 Å². The Labute approximate surface area is 109 Å². The minimum Gasteiger partial charge on any atom is -0.480 e. The summed E-state index contributed by atoms with van der Waals surface area (Å²) in [4.78, 5) is 36.9. The lowest BCUT2D eigenvalue weighted by atomic mass is 10.2. The first kappa shape index (κ1) is 14.4. The number of carbonyl (C=O) groups is 3. The van der Waals surface area contributed by atoms with Crippen LogP contribution in [0.4, 0.5) is 4.79 Å². The molecule has 1 rings (SSSR count). The number of aliphatic carboxylic acids is 1. The molecule has 1 aromatic rings. The van der Waals surface area contributed by atoms with Gasteiger partial charge in [-0.25, -0.2) is 9.59 Å². The maximum atomic E-state index is 11.4. The van der Waals surface area contributed by atoms with E-state index >= 15 is 0 Å². The van der Waals surface area contributed by atoms with Crippen LogP contribution in [-0.2, 0) is 16.1 Å². The molecule has 0 aliphatic heterocycles. The van der Waals surface area contributed by atoms with Gasteiger partial charge in [-0.15, -0.1) is 0 Å². The lowest BCUT2D eigenvalue weighted by Gasteiger charge is -2.13. The van der Waals surface area contributed by atoms with Gasteiger partial charge in [-0.1, -0.05) is 6.07 Å². The third kappa shape index (κ3) is 5.48. The molecule has 0 radical (unpaired) electrons. The number of pyridine rings is 1. The average Bonchev–Trinajstić information content (AvgIpc) is 2.36. The topological polar surface area (TPSA) is 134 Å². The molecule has 0 saturated heterocycles. The number of nitrogens with one attached hydrogen (secondary N) is 2. The molecule has 1 atom stereocenters. The van der Waals surface area contributed by atoms with E-state index in [0.717, 1.165) is 0 Å². The molecule has 1 aromatic heterocycles. The van der Waals surface area contributed by atoms with Crippen molar-refractivity contribution in [1.29, 1.82) is 0 Å². The van der Waals surface area contributed by atoms with E-state index in [1.54, 1.807) is 24.4 Å². The van der Waals surface area contributed by atoms with Gasteiger partial charge in [0, 0.05) is 6.20 Å². The van der Waals surface area contributed by atoms with Crippen molar-refractivity contribution in [1.82, 2.24) is 15.6 Å². The summed E-state index contributed by atoms with van der Waals surface area (Å²) in [5, 5.41) is 13.4. The number of carboxylic acid groups (broad SMARTS) is 1. The van der Waals surface area contributed by atoms with E-state index in [1.807, 2.05) is 0 Å². The first-order valence-electron chi connectivity index (χ1n) is 5.44. The third-order valence-electron chi connectivity index (χ3n) is 2.16. The van der Waals surface area contributed by atoms with Gasteiger partial charge in [0.1, 0.15) is 6.04 Å². The van der Waals surface area contributed by atoms with E-state index in [9.17, 15) is 14.4 Å². The molecular weight excluding hydrogens is 252 g/mol. The summed E-state index contributed by atoms with van der Waals surface area (Å²) in [5.41, 5.74) is 5.51. The highest BCUT2D eigenvalue weighted by molar-refractivity contribution is 5.87. The zero-order valence-electron chi connectivity index (χ0n) is 10.00. The second kappa shape index (κ2) is 6.94. The van der Waals surface area contributed by atoms with E-state index in [-0.39, 0.29) is 6.54 Å². The van der Waals surface area contributed by atoms with E-state index in [1.165, 1.54) is 0 Å². The van der Waals surface area contributed by atoms with Crippen molar-refractivity contribution < 1.29 is 19.5 Å². The van der Waals surface area contributed by atoms with Gasteiger partial charge in [0.15, 0.2) is 0 Å². The fourth-order valence-corrected chi connectivity index (χ4v) is 1.28. The third-order valence-corrected chi connectivity index (χ3v) is 2.16. The van der Waals surface area contributed by atoms with E-state index in [4.69, 9.17) is 10.8 Å². The molecular formula is C11H14N4O4. The van der Waals surface area contributed by atoms with Gasteiger partial charge in [0.05, 0.1) is 18.7 Å². The van der Waals surface area contributed by atoms with Crippen molar-refractivity contribution in [2.24, 2.45) is 5.73 Å². The second-order valence-corrected chi connectivity index (χ2v) is 3.71. The Morgan fingerprint density at radius 1 is 1.37 bits per heavy atom. The number of primary amides is 1. The van der Waals surface area contributed by atoms with E-state index in [0.29, 0.717) is 5.69 Å². The number of hydrogen-bond acceptors (Lipinski definition) is 4. The van der Waals surface area contributed by atoms with Crippen molar-refractivity contribution in [2.45, 2.75) is 19.0 Å². The summed E-state index contributed by atoms with van der Waals surface area (Å²) in [5.74, 6) is -2.13. The molecule has 0 aliphatic carbocycles. The Hall–Kier alpha value is -2.64. The normalized spacial score (nSPS) is 11.4. The molecule has 0 aromatic carbocycles. The molecule has 0 bridgehead atoms. The molecule has 0 saturated carbocycles. The number of carbonyl (C=O) groups excluding carboxylic acids is 2. The number of urea groups is 1. The van der Waals surface area contributed by atoms with Gasteiger partial charge in [0.2, 0.25) is 5.91 Å². The van der Waals surface area contributed by atoms with Crippen LogP contribution in [0, 0.1) is 0 Å². The van der Waals surface area contributed by atoms with E-state index < -0.39 is 30.4 Å². The largest absolute Gasteiger partial charge is 0.480 e. The molecule has 3 amide bonds. The quantitative estimate of drug-likeness (QED) is 0.535. The van der Waals surface area contributed by atoms with Gasteiger partial charge < -0.3 is 21.5 Å². The predicted molar refractivity (Wildman–Crippen MR) is 64.8 cm³/mol. The van der Waals surface area contributed by atoms with Crippen LogP contribution in [0.2, 0.25) is 0 Å². The van der Waals surface area contributed by atoms with Crippen LogP contribution in [-0.4, -0.2) is 34.0 Å². The minimum absolute atomic E-state index is 0.148. The SMILES string of the molecule is NC(=O)CC(NC(=O)NCc1ccccn1)C(=O)O. The fourth-order valence-electron chi connectivity index (χ4n) is 1.28. The summed E-state index contributed by atoms with van der Waals surface area (Å²) in [6, 6.07) is 3.14. The lowest BCUT2D eigenvalue weighted by molar-refractivity contribution is -0.140. The highest BCUT2D eigenvalue weighted by Crippen LogP contribution is 1.94. The molecule has 1 unspecified atom stereocenters. The van der Waals surface area contributed by atoms with Crippen LogP contribution in [0.3, 0.4) is 0 Å². The van der Waals surface area contributed by atoms with Gasteiger partial charge >= 0.3 is 12.0 Å². The Kier molecular flexibility index (Phi) is 5.27. The number of nitrogens with zero attached hydrogens (tertiary/aromatic N) is 1. The van der Waals surface area contributed by atoms with Crippen molar-refractivity contribution in [2.75, 3.05) is 0 Å². The Morgan fingerprint density at radius 3 is 2.63 bits per heavy atom. The van der Waals surface area contributed by atoms with Crippen LogP contribution >= 0.6 is 0 Å². The van der Waals surface area contributed by atoms with Crippen LogP contribution in [0.5, 0.6) is 0 Å². The fraction of sp³-hybridized carbons (Fsp3) is 0.273. The van der Waals surface area contributed by atoms with Crippen LogP contribution in [0.1, 0.15) is 12.1 Å². The lowest BCUT2D eigenvalue weighted by Crippen LogP contribution is -2.47. The van der Waals surface area contributed by atoms with Crippen LogP contribution in [0.15, 0.2) is 24.4 Å². The summed E-state index contributed by atoms with van der Waals surface area (Å²) in [7, 11) is 0. The predicted octanol–water partition coefficient (Wildman–Crippen LogP) is -0.791. The zero-order valence-corrected chi connectivity index (χ0v) is 10.00. The standard InChI is InChI=1S/C11H14N4O4/c12-9(16)5-8(10(17)18)15-11(19)14-6-7-3-1-2-4-13-7/h1-4,8H,5-6H2,(H2,12,16)(H,17,18)(H2,14,15,19). The number of rotatable bonds is 6. The Morgan fingerprint density at radius 2 is 2.11 bits per heavy atom. The maximum absolute atomic E-state index is 11.4.